The van der Waals surface area contributed by atoms with Crippen molar-refractivity contribution in [3.63, 3.8) is 0 Å². The number of hydrogen-bond acceptors (Lipinski definition) is 5. The lowest BCUT2D eigenvalue weighted by Gasteiger charge is -2.14. The molecule has 3 N–H and O–H groups in total. The Morgan fingerprint density at radius 2 is 1.47 bits per heavy atom. The lowest BCUT2D eigenvalue weighted by Crippen LogP contribution is -2.28. The van der Waals surface area contributed by atoms with Crippen LogP contribution in [0.15, 0.2) is 60.8 Å². The second-order valence-corrected chi connectivity index (χ2v) is 6.68. The van der Waals surface area contributed by atoms with Crippen LogP contribution >= 0.6 is 0 Å². The van der Waals surface area contributed by atoms with Crippen LogP contribution in [0.5, 0.6) is 0 Å². The summed E-state index contributed by atoms with van der Waals surface area (Å²) in [5.41, 5.74) is 7.47. The minimum atomic E-state index is -0.609. The van der Waals surface area contributed by atoms with Crippen LogP contribution < -0.4 is 16.0 Å². The summed E-state index contributed by atoms with van der Waals surface area (Å²) in [4.78, 5) is 48.4. The fraction of sp³-hybridized carbons (Fsp3) is 0.0952. The first-order chi connectivity index (χ1) is 14.4. The van der Waals surface area contributed by atoms with Crippen molar-refractivity contribution in [2.24, 2.45) is 5.73 Å². The average Bonchev–Trinajstić information content (AvgIpc) is 3.36. The Labute approximate surface area is 171 Å². The van der Waals surface area contributed by atoms with E-state index in [1.165, 1.54) is 10.7 Å². The minimum absolute atomic E-state index is 0.160. The van der Waals surface area contributed by atoms with E-state index < -0.39 is 5.91 Å². The van der Waals surface area contributed by atoms with Crippen LogP contribution in [-0.4, -0.2) is 33.4 Å². The van der Waals surface area contributed by atoms with Gasteiger partial charge in [-0.05, 0) is 54.6 Å². The molecular weight excluding hydrogens is 386 g/mol. The molecule has 1 aliphatic rings. The first-order valence-electron chi connectivity index (χ1n) is 9.15. The highest BCUT2D eigenvalue weighted by Crippen LogP contribution is 2.23. The Morgan fingerprint density at radius 3 is 2.03 bits per heavy atom. The van der Waals surface area contributed by atoms with Gasteiger partial charge in [0.1, 0.15) is 5.69 Å². The Bertz CT molecular complexity index is 1130. The molecule has 0 unspecified atom stereocenters. The van der Waals surface area contributed by atoms with E-state index in [0.717, 1.165) is 4.90 Å². The molecule has 0 spiro atoms. The zero-order chi connectivity index (χ0) is 21.3. The van der Waals surface area contributed by atoms with Crippen LogP contribution in [0.1, 0.15) is 33.7 Å². The van der Waals surface area contributed by atoms with Crippen LogP contribution in [0.3, 0.4) is 0 Å². The number of primary amides is 1. The SMILES string of the molecule is NC(=O)c1ccn(-c2ccc(NC(=O)c3ccc(N4C(=O)CCC4=O)cc3)cc2)n1. The summed E-state index contributed by atoms with van der Waals surface area (Å²) in [5.74, 6) is -1.42. The summed E-state index contributed by atoms with van der Waals surface area (Å²) >= 11 is 0. The number of benzene rings is 2. The average molecular weight is 403 g/mol. The highest BCUT2D eigenvalue weighted by Gasteiger charge is 2.30. The third kappa shape index (κ3) is 3.68. The molecule has 0 atom stereocenters. The number of nitrogens with two attached hydrogens (primary N) is 1. The van der Waals surface area contributed by atoms with Gasteiger partial charge in [0.15, 0.2) is 0 Å². The second kappa shape index (κ2) is 7.63. The van der Waals surface area contributed by atoms with E-state index in [0.29, 0.717) is 22.6 Å². The summed E-state index contributed by atoms with van der Waals surface area (Å²) in [6, 6.07) is 14.7. The number of hydrogen-bond donors (Lipinski definition) is 2. The van der Waals surface area contributed by atoms with E-state index in [2.05, 4.69) is 10.4 Å². The van der Waals surface area contributed by atoms with Crippen molar-refractivity contribution in [1.82, 2.24) is 9.78 Å². The molecule has 2 heterocycles. The van der Waals surface area contributed by atoms with Crippen LogP contribution in [0.4, 0.5) is 11.4 Å². The summed E-state index contributed by atoms with van der Waals surface area (Å²) < 4.78 is 1.51. The molecule has 0 bridgehead atoms. The number of imide groups is 1. The molecule has 9 heteroatoms. The highest BCUT2D eigenvalue weighted by atomic mass is 16.2. The number of anilines is 2. The number of carbonyl (C=O) groups excluding carboxylic acids is 4. The Morgan fingerprint density at radius 1 is 0.867 bits per heavy atom. The van der Waals surface area contributed by atoms with Crippen molar-refractivity contribution in [2.45, 2.75) is 12.8 Å². The molecule has 3 aromatic rings. The van der Waals surface area contributed by atoms with Gasteiger partial charge in [-0.1, -0.05) is 0 Å². The van der Waals surface area contributed by atoms with Gasteiger partial charge in [-0.3, -0.25) is 24.1 Å². The predicted octanol–water partition coefficient (Wildman–Crippen LogP) is 1.88. The van der Waals surface area contributed by atoms with Gasteiger partial charge < -0.3 is 11.1 Å². The van der Waals surface area contributed by atoms with Crippen LogP contribution in [0.25, 0.3) is 5.69 Å². The standard InChI is InChI=1S/C21H17N5O4/c22-20(29)17-11-12-25(24-17)15-7-3-14(4-8-15)23-21(30)13-1-5-16(6-2-13)26-18(27)9-10-19(26)28/h1-8,11-12H,9-10H2,(H2,22,29)(H,23,30). The molecule has 1 aromatic heterocycles. The molecule has 0 aliphatic carbocycles. The van der Waals surface area contributed by atoms with Gasteiger partial charge in [0.05, 0.1) is 11.4 Å². The number of nitrogens with one attached hydrogen (secondary N) is 1. The van der Waals surface area contributed by atoms with E-state index >= 15 is 0 Å². The molecule has 9 nitrogen and oxygen atoms in total. The van der Waals surface area contributed by atoms with E-state index in [-0.39, 0.29) is 36.3 Å². The lowest BCUT2D eigenvalue weighted by molar-refractivity contribution is -0.121. The van der Waals surface area contributed by atoms with E-state index in [1.54, 1.807) is 54.7 Å². The van der Waals surface area contributed by atoms with Gasteiger partial charge in [0.25, 0.3) is 11.8 Å². The molecule has 4 rings (SSSR count). The summed E-state index contributed by atoms with van der Waals surface area (Å²) in [6.07, 6.45) is 2.03. The number of carbonyl (C=O) groups is 4. The maximum Gasteiger partial charge on any atom is 0.269 e. The molecule has 1 fully saturated rings. The summed E-state index contributed by atoms with van der Waals surface area (Å²) in [5, 5.41) is 6.85. The number of amides is 4. The largest absolute Gasteiger partial charge is 0.364 e. The van der Waals surface area contributed by atoms with Crippen molar-refractivity contribution in [3.8, 4) is 5.69 Å². The molecule has 150 valence electrons. The van der Waals surface area contributed by atoms with E-state index in [4.69, 9.17) is 5.73 Å². The Hall–Kier alpha value is -4.27. The molecule has 30 heavy (non-hydrogen) atoms. The van der Waals surface area contributed by atoms with Crippen molar-refractivity contribution >= 4 is 35.0 Å². The number of rotatable bonds is 5. The van der Waals surface area contributed by atoms with Gasteiger partial charge in [0, 0.05) is 30.3 Å². The van der Waals surface area contributed by atoms with Gasteiger partial charge >= 0.3 is 0 Å². The maximum absolute atomic E-state index is 12.5. The van der Waals surface area contributed by atoms with Gasteiger partial charge in [-0.15, -0.1) is 0 Å². The van der Waals surface area contributed by atoms with Crippen LogP contribution in [-0.2, 0) is 9.59 Å². The fourth-order valence-corrected chi connectivity index (χ4v) is 3.13. The summed E-state index contributed by atoms with van der Waals surface area (Å²) in [7, 11) is 0. The van der Waals surface area contributed by atoms with Crippen molar-refractivity contribution in [2.75, 3.05) is 10.2 Å². The summed E-state index contributed by atoms with van der Waals surface area (Å²) in [6.45, 7) is 0. The maximum atomic E-state index is 12.5. The van der Waals surface area contributed by atoms with Gasteiger partial charge in [-0.2, -0.15) is 5.10 Å². The van der Waals surface area contributed by atoms with E-state index in [1.807, 2.05) is 0 Å². The topological polar surface area (TPSA) is 127 Å². The zero-order valence-electron chi connectivity index (χ0n) is 15.7. The third-order valence-corrected chi connectivity index (χ3v) is 4.67. The monoisotopic (exact) mass is 403 g/mol. The number of aromatic nitrogens is 2. The quantitative estimate of drug-likeness (QED) is 0.629. The minimum Gasteiger partial charge on any atom is -0.364 e. The zero-order valence-corrected chi connectivity index (χ0v) is 15.7. The van der Waals surface area contributed by atoms with Gasteiger partial charge in [-0.25, -0.2) is 4.68 Å². The fourth-order valence-electron chi connectivity index (χ4n) is 3.13. The molecule has 4 amide bonds. The number of nitrogens with zero attached hydrogens (tertiary/aromatic N) is 3. The highest BCUT2D eigenvalue weighted by molar-refractivity contribution is 6.20. The Balaban J connectivity index is 1.44. The molecule has 1 aliphatic heterocycles. The van der Waals surface area contributed by atoms with Crippen molar-refractivity contribution < 1.29 is 19.2 Å². The Kier molecular flexibility index (Phi) is 4.85. The smallest absolute Gasteiger partial charge is 0.269 e. The van der Waals surface area contributed by atoms with Crippen molar-refractivity contribution in [3.05, 3.63) is 72.1 Å². The molecule has 1 saturated heterocycles. The lowest BCUT2D eigenvalue weighted by atomic mass is 10.1. The second-order valence-electron chi connectivity index (χ2n) is 6.68. The van der Waals surface area contributed by atoms with Gasteiger partial charge in [0.2, 0.25) is 11.8 Å². The predicted molar refractivity (Wildman–Crippen MR) is 108 cm³/mol. The first-order valence-corrected chi connectivity index (χ1v) is 9.15. The van der Waals surface area contributed by atoms with E-state index in [9.17, 15) is 19.2 Å². The molecule has 0 saturated carbocycles. The third-order valence-electron chi connectivity index (χ3n) is 4.67. The first kappa shape index (κ1) is 19.1. The molecular formula is C21H17N5O4. The normalized spacial score (nSPS) is 13.5. The molecule has 2 aromatic carbocycles. The van der Waals surface area contributed by atoms with Crippen LogP contribution in [0, 0.1) is 0 Å². The molecule has 0 radical (unpaired) electrons. The van der Waals surface area contributed by atoms with Crippen molar-refractivity contribution in [1.29, 1.82) is 0 Å². The van der Waals surface area contributed by atoms with Crippen LogP contribution in [0.2, 0.25) is 0 Å².